The summed E-state index contributed by atoms with van der Waals surface area (Å²) in [6, 6.07) is 5.38. The lowest BCUT2D eigenvalue weighted by Crippen LogP contribution is -2.33. The Morgan fingerprint density at radius 1 is 1.58 bits per heavy atom. The van der Waals surface area contributed by atoms with E-state index in [1.54, 1.807) is 12.1 Å². The van der Waals surface area contributed by atoms with Crippen LogP contribution in [0.3, 0.4) is 0 Å². The number of benzene rings is 1. The lowest BCUT2D eigenvalue weighted by molar-refractivity contribution is -0.132. The summed E-state index contributed by atoms with van der Waals surface area (Å²) in [7, 11) is 0. The molecule has 0 radical (unpaired) electrons. The molecule has 1 atom stereocenters. The zero-order chi connectivity index (χ0) is 13.8. The topological polar surface area (TPSA) is 55.6 Å². The molecular formula is C14H19ClN2O2. The molecule has 0 bridgehead atoms. The van der Waals surface area contributed by atoms with Gasteiger partial charge in [0.25, 0.3) is 5.91 Å². The molecule has 1 fully saturated rings. The van der Waals surface area contributed by atoms with Crippen molar-refractivity contribution in [3.8, 4) is 5.75 Å². The highest BCUT2D eigenvalue weighted by atomic mass is 35.5. The molecule has 1 unspecified atom stereocenters. The molecule has 1 aromatic rings. The number of ether oxygens (including phenoxy) is 1. The molecule has 1 saturated heterocycles. The number of rotatable bonds is 4. The van der Waals surface area contributed by atoms with Crippen molar-refractivity contribution in [3.05, 3.63) is 28.8 Å². The standard InChI is InChI=1S/C14H19ClN2O2/c1-10-6-12(2-3-13(10)15)19-9-14(18)17-5-4-11(7-16)8-17/h2-3,6,11H,4-5,7-9,16H2,1H3. The van der Waals surface area contributed by atoms with Gasteiger partial charge in [0, 0.05) is 18.1 Å². The quantitative estimate of drug-likeness (QED) is 0.917. The maximum Gasteiger partial charge on any atom is 0.260 e. The summed E-state index contributed by atoms with van der Waals surface area (Å²) in [5.41, 5.74) is 6.55. The van der Waals surface area contributed by atoms with E-state index < -0.39 is 0 Å². The van der Waals surface area contributed by atoms with Crippen LogP contribution < -0.4 is 10.5 Å². The third kappa shape index (κ3) is 3.61. The van der Waals surface area contributed by atoms with E-state index in [1.807, 2.05) is 17.9 Å². The molecule has 0 aliphatic carbocycles. The maximum atomic E-state index is 12.0. The van der Waals surface area contributed by atoms with E-state index in [1.165, 1.54) is 0 Å². The molecule has 0 spiro atoms. The Morgan fingerprint density at radius 3 is 3.00 bits per heavy atom. The number of carbonyl (C=O) groups is 1. The Hall–Kier alpha value is -1.26. The number of hydrogen-bond donors (Lipinski definition) is 1. The molecule has 104 valence electrons. The summed E-state index contributed by atoms with van der Waals surface area (Å²) in [4.78, 5) is 13.8. The normalized spacial score (nSPS) is 18.7. The minimum atomic E-state index is 0.0172. The van der Waals surface area contributed by atoms with Gasteiger partial charge in [0.15, 0.2) is 6.61 Å². The summed E-state index contributed by atoms with van der Waals surface area (Å²) in [6.45, 7) is 4.14. The van der Waals surface area contributed by atoms with E-state index in [9.17, 15) is 4.79 Å². The summed E-state index contributed by atoms with van der Waals surface area (Å²) in [5.74, 6) is 1.12. The largest absolute Gasteiger partial charge is 0.484 e. The minimum absolute atomic E-state index is 0.0172. The second kappa shape index (κ2) is 6.26. The van der Waals surface area contributed by atoms with Crippen molar-refractivity contribution in [2.75, 3.05) is 26.2 Å². The van der Waals surface area contributed by atoms with E-state index in [4.69, 9.17) is 22.1 Å². The van der Waals surface area contributed by atoms with Gasteiger partial charge in [-0.1, -0.05) is 11.6 Å². The number of likely N-dealkylation sites (tertiary alicyclic amines) is 1. The van der Waals surface area contributed by atoms with Crippen LogP contribution in [0.4, 0.5) is 0 Å². The molecule has 1 aromatic carbocycles. The average Bonchev–Trinajstić information content (AvgIpc) is 2.88. The molecule has 4 nitrogen and oxygen atoms in total. The van der Waals surface area contributed by atoms with E-state index in [-0.39, 0.29) is 12.5 Å². The van der Waals surface area contributed by atoms with Crippen LogP contribution in [-0.2, 0) is 4.79 Å². The Kier molecular flexibility index (Phi) is 4.66. The van der Waals surface area contributed by atoms with Crippen LogP contribution in [0.1, 0.15) is 12.0 Å². The van der Waals surface area contributed by atoms with Gasteiger partial charge in [-0.3, -0.25) is 4.79 Å². The third-order valence-corrected chi connectivity index (χ3v) is 3.89. The molecule has 1 amide bonds. The number of nitrogens with zero attached hydrogens (tertiary/aromatic N) is 1. The van der Waals surface area contributed by atoms with Gasteiger partial charge in [-0.25, -0.2) is 0 Å². The predicted octanol–water partition coefficient (Wildman–Crippen LogP) is 1.83. The summed E-state index contributed by atoms with van der Waals surface area (Å²) in [5, 5.41) is 0.698. The highest BCUT2D eigenvalue weighted by Gasteiger charge is 2.25. The van der Waals surface area contributed by atoms with E-state index in [0.29, 0.717) is 23.2 Å². The van der Waals surface area contributed by atoms with Crippen LogP contribution in [0.25, 0.3) is 0 Å². The zero-order valence-electron chi connectivity index (χ0n) is 11.1. The molecular weight excluding hydrogens is 264 g/mol. The van der Waals surface area contributed by atoms with E-state index >= 15 is 0 Å². The van der Waals surface area contributed by atoms with E-state index in [2.05, 4.69) is 0 Å². The molecule has 2 N–H and O–H groups in total. The first-order valence-electron chi connectivity index (χ1n) is 6.47. The number of aryl methyl sites for hydroxylation is 1. The van der Waals surface area contributed by atoms with Gasteiger partial charge in [-0.2, -0.15) is 0 Å². The Morgan fingerprint density at radius 2 is 2.37 bits per heavy atom. The van der Waals surface area contributed by atoms with Gasteiger partial charge in [0.2, 0.25) is 0 Å². The fourth-order valence-corrected chi connectivity index (χ4v) is 2.31. The van der Waals surface area contributed by atoms with Crippen molar-refractivity contribution in [2.45, 2.75) is 13.3 Å². The van der Waals surface area contributed by atoms with Crippen LogP contribution in [0.5, 0.6) is 5.75 Å². The van der Waals surface area contributed by atoms with Gasteiger partial charge in [-0.15, -0.1) is 0 Å². The third-order valence-electron chi connectivity index (χ3n) is 3.46. The Balaban J connectivity index is 1.85. The lowest BCUT2D eigenvalue weighted by atomic mass is 10.1. The number of halogens is 1. The molecule has 1 aliphatic rings. The van der Waals surface area contributed by atoms with Gasteiger partial charge < -0.3 is 15.4 Å². The molecule has 1 heterocycles. The molecule has 19 heavy (non-hydrogen) atoms. The molecule has 1 aliphatic heterocycles. The van der Waals surface area contributed by atoms with E-state index in [0.717, 1.165) is 25.1 Å². The van der Waals surface area contributed by atoms with Crippen molar-refractivity contribution in [3.63, 3.8) is 0 Å². The van der Waals surface area contributed by atoms with Gasteiger partial charge >= 0.3 is 0 Å². The van der Waals surface area contributed by atoms with Crippen molar-refractivity contribution in [1.82, 2.24) is 4.90 Å². The first-order valence-corrected chi connectivity index (χ1v) is 6.84. The fraction of sp³-hybridized carbons (Fsp3) is 0.500. The van der Waals surface area contributed by atoms with Crippen LogP contribution in [0, 0.1) is 12.8 Å². The van der Waals surface area contributed by atoms with Gasteiger partial charge in [0.05, 0.1) is 0 Å². The van der Waals surface area contributed by atoms with Gasteiger partial charge in [0.1, 0.15) is 5.75 Å². The predicted molar refractivity (Wildman–Crippen MR) is 75.4 cm³/mol. The SMILES string of the molecule is Cc1cc(OCC(=O)N2CCC(CN)C2)ccc1Cl. The molecule has 0 saturated carbocycles. The smallest absolute Gasteiger partial charge is 0.260 e. The Bertz CT molecular complexity index is 465. The van der Waals surface area contributed by atoms with Crippen molar-refractivity contribution >= 4 is 17.5 Å². The van der Waals surface area contributed by atoms with Crippen molar-refractivity contribution < 1.29 is 9.53 Å². The van der Waals surface area contributed by atoms with Crippen LogP contribution in [0.2, 0.25) is 5.02 Å². The first kappa shape index (κ1) is 14.2. The Labute approximate surface area is 118 Å². The first-order chi connectivity index (χ1) is 9.10. The van der Waals surface area contributed by atoms with Crippen LogP contribution >= 0.6 is 11.6 Å². The molecule has 0 aromatic heterocycles. The van der Waals surface area contributed by atoms with Gasteiger partial charge in [-0.05, 0) is 49.6 Å². The zero-order valence-corrected chi connectivity index (χ0v) is 11.8. The summed E-state index contributed by atoms with van der Waals surface area (Å²) >= 11 is 5.94. The highest BCUT2D eigenvalue weighted by Crippen LogP contribution is 2.21. The average molecular weight is 283 g/mol. The number of hydrogen-bond acceptors (Lipinski definition) is 3. The number of nitrogens with two attached hydrogens (primary N) is 1. The monoisotopic (exact) mass is 282 g/mol. The molecule has 5 heteroatoms. The molecule has 2 rings (SSSR count). The highest BCUT2D eigenvalue weighted by molar-refractivity contribution is 6.31. The van der Waals surface area contributed by atoms with Crippen LogP contribution in [-0.4, -0.2) is 37.0 Å². The number of carbonyl (C=O) groups excluding carboxylic acids is 1. The second-order valence-electron chi connectivity index (χ2n) is 4.93. The summed E-state index contributed by atoms with van der Waals surface area (Å²) < 4.78 is 5.50. The van der Waals surface area contributed by atoms with Crippen LogP contribution in [0.15, 0.2) is 18.2 Å². The number of amides is 1. The van der Waals surface area contributed by atoms with Crippen molar-refractivity contribution in [2.24, 2.45) is 11.7 Å². The lowest BCUT2D eigenvalue weighted by Gasteiger charge is -2.16. The fourth-order valence-electron chi connectivity index (χ4n) is 2.19. The summed E-state index contributed by atoms with van der Waals surface area (Å²) in [6.07, 6.45) is 0.988. The van der Waals surface area contributed by atoms with Crippen molar-refractivity contribution in [1.29, 1.82) is 0 Å². The minimum Gasteiger partial charge on any atom is -0.484 e. The maximum absolute atomic E-state index is 12.0. The second-order valence-corrected chi connectivity index (χ2v) is 5.34.